The van der Waals surface area contributed by atoms with Crippen LogP contribution in [0.1, 0.15) is 44.9 Å². The second-order valence-electron chi connectivity index (χ2n) is 6.86. The van der Waals surface area contributed by atoms with E-state index in [1.165, 1.54) is 25.7 Å². The average molecular weight is 293 g/mol. The number of carbonyl (C=O) groups excluding carboxylic acids is 2. The van der Waals surface area contributed by atoms with Crippen LogP contribution in [-0.2, 0) is 4.79 Å². The van der Waals surface area contributed by atoms with Crippen molar-refractivity contribution in [3.05, 3.63) is 0 Å². The summed E-state index contributed by atoms with van der Waals surface area (Å²) in [5.41, 5.74) is 0. The summed E-state index contributed by atoms with van der Waals surface area (Å²) in [6.45, 7) is 3.19. The fraction of sp³-hybridized carbons (Fsp3) is 0.875. The average Bonchev–Trinajstić information content (AvgIpc) is 2.96. The number of nitrogens with zero attached hydrogens (tertiary/aromatic N) is 1. The number of hydrogen-bond donors (Lipinski definition) is 2. The standard InChI is InChI=1S/C16H27N3O2/c20-15(12-4-1-5-12)17-8-3-9-18-16(21)19-10-13-6-2-7-14(13)11-19/h12-14H,1-11H2,(H,17,20)(H,18,21)/t13-,14-/m0/s1. The Hall–Kier alpha value is -1.26. The highest BCUT2D eigenvalue weighted by Crippen LogP contribution is 2.37. The van der Waals surface area contributed by atoms with Crippen LogP contribution in [0.2, 0.25) is 0 Å². The second-order valence-corrected chi connectivity index (χ2v) is 6.86. The maximum Gasteiger partial charge on any atom is 0.317 e. The van der Waals surface area contributed by atoms with Crippen LogP contribution in [0.25, 0.3) is 0 Å². The summed E-state index contributed by atoms with van der Waals surface area (Å²) in [5.74, 6) is 1.94. The van der Waals surface area contributed by atoms with E-state index in [4.69, 9.17) is 0 Å². The molecular formula is C16H27N3O2. The maximum atomic E-state index is 12.1. The Bertz CT molecular complexity index is 383. The van der Waals surface area contributed by atoms with E-state index in [1.54, 1.807) is 0 Å². The molecule has 0 unspecified atom stereocenters. The van der Waals surface area contributed by atoms with Crippen LogP contribution in [-0.4, -0.2) is 43.0 Å². The fourth-order valence-corrected chi connectivity index (χ4v) is 3.82. The Morgan fingerprint density at radius 1 is 0.905 bits per heavy atom. The molecule has 3 fully saturated rings. The minimum absolute atomic E-state index is 0.0784. The number of urea groups is 1. The Labute approximate surface area is 126 Å². The second kappa shape index (κ2) is 6.67. The summed E-state index contributed by atoms with van der Waals surface area (Å²) < 4.78 is 0. The third-order valence-corrected chi connectivity index (χ3v) is 5.42. The molecule has 3 rings (SSSR count). The van der Waals surface area contributed by atoms with Crippen molar-refractivity contribution in [2.45, 2.75) is 44.9 Å². The molecule has 5 heteroatoms. The van der Waals surface area contributed by atoms with Gasteiger partial charge >= 0.3 is 6.03 Å². The third kappa shape index (κ3) is 3.50. The quantitative estimate of drug-likeness (QED) is 0.758. The van der Waals surface area contributed by atoms with Crippen LogP contribution < -0.4 is 10.6 Å². The van der Waals surface area contributed by atoms with E-state index < -0.39 is 0 Å². The topological polar surface area (TPSA) is 61.4 Å². The van der Waals surface area contributed by atoms with Crippen molar-refractivity contribution in [2.24, 2.45) is 17.8 Å². The Morgan fingerprint density at radius 2 is 1.52 bits per heavy atom. The number of rotatable bonds is 5. The molecule has 2 saturated carbocycles. The molecular weight excluding hydrogens is 266 g/mol. The number of carbonyl (C=O) groups is 2. The summed E-state index contributed by atoms with van der Waals surface area (Å²) in [6, 6.07) is 0.0784. The molecule has 0 aromatic heterocycles. The molecule has 0 bridgehead atoms. The first-order valence-electron chi connectivity index (χ1n) is 8.54. The zero-order chi connectivity index (χ0) is 14.7. The highest BCUT2D eigenvalue weighted by molar-refractivity contribution is 5.79. The van der Waals surface area contributed by atoms with Gasteiger partial charge in [0.25, 0.3) is 0 Å². The molecule has 2 aliphatic carbocycles. The molecule has 2 N–H and O–H groups in total. The highest BCUT2D eigenvalue weighted by atomic mass is 16.2. The Kier molecular flexibility index (Phi) is 4.66. The lowest BCUT2D eigenvalue weighted by Crippen LogP contribution is -2.40. The number of amides is 3. The predicted octanol–water partition coefficient (Wildman–Crippen LogP) is 1.73. The summed E-state index contributed by atoms with van der Waals surface area (Å²) in [5, 5.41) is 5.94. The van der Waals surface area contributed by atoms with Gasteiger partial charge in [-0.05, 0) is 43.9 Å². The van der Waals surface area contributed by atoms with Gasteiger partial charge in [-0.25, -0.2) is 4.79 Å². The largest absolute Gasteiger partial charge is 0.356 e. The van der Waals surface area contributed by atoms with Crippen molar-refractivity contribution < 1.29 is 9.59 Å². The van der Waals surface area contributed by atoms with Gasteiger partial charge in [0.05, 0.1) is 0 Å². The molecule has 5 nitrogen and oxygen atoms in total. The zero-order valence-corrected chi connectivity index (χ0v) is 12.8. The normalized spacial score (nSPS) is 28.1. The molecule has 1 saturated heterocycles. The Morgan fingerprint density at radius 3 is 2.14 bits per heavy atom. The van der Waals surface area contributed by atoms with E-state index >= 15 is 0 Å². The predicted molar refractivity (Wildman–Crippen MR) is 80.8 cm³/mol. The van der Waals surface area contributed by atoms with Gasteiger partial charge in [-0.2, -0.15) is 0 Å². The lowest BCUT2D eigenvalue weighted by molar-refractivity contribution is -0.127. The molecule has 0 aromatic carbocycles. The third-order valence-electron chi connectivity index (χ3n) is 5.42. The van der Waals surface area contributed by atoms with E-state index in [0.29, 0.717) is 13.1 Å². The van der Waals surface area contributed by atoms with Crippen LogP contribution in [0.15, 0.2) is 0 Å². The van der Waals surface area contributed by atoms with Crippen LogP contribution in [0, 0.1) is 17.8 Å². The van der Waals surface area contributed by atoms with E-state index in [1.807, 2.05) is 4.90 Å². The summed E-state index contributed by atoms with van der Waals surface area (Å²) in [6.07, 6.45) is 8.01. The van der Waals surface area contributed by atoms with Crippen molar-refractivity contribution in [3.8, 4) is 0 Å². The minimum atomic E-state index is 0.0784. The van der Waals surface area contributed by atoms with Gasteiger partial charge in [0.15, 0.2) is 0 Å². The van der Waals surface area contributed by atoms with Crippen LogP contribution in [0.4, 0.5) is 4.79 Å². The molecule has 3 aliphatic rings. The van der Waals surface area contributed by atoms with Gasteiger partial charge in [0.2, 0.25) is 5.91 Å². The molecule has 3 amide bonds. The lowest BCUT2D eigenvalue weighted by Gasteiger charge is -2.24. The van der Waals surface area contributed by atoms with E-state index in [2.05, 4.69) is 10.6 Å². The van der Waals surface area contributed by atoms with Gasteiger partial charge < -0.3 is 15.5 Å². The molecule has 1 heterocycles. The highest BCUT2D eigenvalue weighted by Gasteiger charge is 2.37. The van der Waals surface area contributed by atoms with Crippen molar-refractivity contribution in [3.63, 3.8) is 0 Å². The summed E-state index contributed by atoms with van der Waals surface area (Å²) in [7, 11) is 0. The molecule has 21 heavy (non-hydrogen) atoms. The van der Waals surface area contributed by atoms with E-state index in [-0.39, 0.29) is 17.9 Å². The number of hydrogen-bond acceptors (Lipinski definition) is 2. The van der Waals surface area contributed by atoms with Crippen molar-refractivity contribution in [1.82, 2.24) is 15.5 Å². The zero-order valence-electron chi connectivity index (χ0n) is 12.8. The maximum absolute atomic E-state index is 12.1. The van der Waals surface area contributed by atoms with Gasteiger partial charge in [0, 0.05) is 32.1 Å². The van der Waals surface area contributed by atoms with Crippen LogP contribution in [0.5, 0.6) is 0 Å². The molecule has 0 radical (unpaired) electrons. The summed E-state index contributed by atoms with van der Waals surface area (Å²) in [4.78, 5) is 25.7. The van der Waals surface area contributed by atoms with Gasteiger partial charge in [-0.1, -0.05) is 12.8 Å². The van der Waals surface area contributed by atoms with Crippen molar-refractivity contribution in [1.29, 1.82) is 0 Å². The first-order chi connectivity index (χ1) is 10.2. The first-order valence-corrected chi connectivity index (χ1v) is 8.54. The molecule has 0 aromatic rings. The van der Waals surface area contributed by atoms with Gasteiger partial charge in [0.1, 0.15) is 0 Å². The SMILES string of the molecule is O=C(NCCCNC(=O)N1C[C@@H]2CCC[C@H]2C1)C1CCC1. The van der Waals surface area contributed by atoms with Gasteiger partial charge in [-0.15, -0.1) is 0 Å². The first kappa shape index (κ1) is 14.7. The number of nitrogens with one attached hydrogen (secondary N) is 2. The number of fused-ring (bicyclic) bond motifs is 1. The molecule has 2 atom stereocenters. The van der Waals surface area contributed by atoms with Crippen molar-refractivity contribution in [2.75, 3.05) is 26.2 Å². The van der Waals surface area contributed by atoms with Crippen molar-refractivity contribution >= 4 is 11.9 Å². The number of likely N-dealkylation sites (tertiary alicyclic amines) is 1. The minimum Gasteiger partial charge on any atom is -0.356 e. The van der Waals surface area contributed by atoms with Crippen LogP contribution in [0.3, 0.4) is 0 Å². The monoisotopic (exact) mass is 293 g/mol. The molecule has 1 aliphatic heterocycles. The fourth-order valence-electron chi connectivity index (χ4n) is 3.82. The molecule has 118 valence electrons. The Balaban J connectivity index is 1.25. The van der Waals surface area contributed by atoms with E-state index in [0.717, 1.165) is 44.2 Å². The van der Waals surface area contributed by atoms with Gasteiger partial charge in [-0.3, -0.25) is 4.79 Å². The molecule has 0 spiro atoms. The lowest BCUT2D eigenvalue weighted by atomic mass is 9.85. The van der Waals surface area contributed by atoms with E-state index in [9.17, 15) is 9.59 Å². The smallest absolute Gasteiger partial charge is 0.317 e. The summed E-state index contributed by atoms with van der Waals surface area (Å²) >= 11 is 0. The van der Waals surface area contributed by atoms with Crippen LogP contribution >= 0.6 is 0 Å².